The van der Waals surface area contributed by atoms with Gasteiger partial charge < -0.3 is 19.3 Å². The maximum absolute atomic E-state index is 15.7. The topological polar surface area (TPSA) is 88.8 Å². The Labute approximate surface area is 175 Å². The van der Waals surface area contributed by atoms with Crippen LogP contribution in [0.1, 0.15) is 48.7 Å². The van der Waals surface area contributed by atoms with Gasteiger partial charge in [0.2, 0.25) is 5.43 Å². The Bertz CT molecular complexity index is 1240. The van der Waals surface area contributed by atoms with Crippen molar-refractivity contribution in [1.29, 1.82) is 0 Å². The average Bonchev–Trinajstić information content (AvgIpc) is 3.53. The molecule has 0 unspecified atom stereocenters. The number of fused-ring (bicyclic) bond motifs is 1. The molecule has 7 nitrogen and oxygen atoms in total. The van der Waals surface area contributed by atoms with Crippen LogP contribution in [0.2, 0.25) is 0 Å². The molecular weight excluding hydrogens is 410 g/mol. The minimum atomic E-state index is -1.44. The van der Waals surface area contributed by atoms with Gasteiger partial charge in [0, 0.05) is 31.4 Å². The number of carbonyl (C=O) groups is 2. The van der Waals surface area contributed by atoms with Gasteiger partial charge in [-0.2, -0.15) is 0 Å². The lowest BCUT2D eigenvalue weighted by Crippen LogP contribution is -2.28. The lowest BCUT2D eigenvalue weighted by Gasteiger charge is -2.27. The van der Waals surface area contributed by atoms with E-state index in [0.29, 0.717) is 11.3 Å². The number of carbonyl (C=O) groups excluding carboxylic acids is 1. The molecule has 0 spiro atoms. The molecule has 162 valence electrons. The molecule has 31 heavy (non-hydrogen) atoms. The highest BCUT2D eigenvalue weighted by atomic mass is 19.1. The molecular formula is C22H20F2N2O5. The fourth-order valence-corrected chi connectivity index (χ4v) is 3.72. The van der Waals surface area contributed by atoms with Crippen LogP contribution in [0.25, 0.3) is 16.5 Å². The number of rotatable bonds is 5. The van der Waals surface area contributed by atoms with Crippen LogP contribution >= 0.6 is 0 Å². The van der Waals surface area contributed by atoms with Crippen molar-refractivity contribution in [3.05, 3.63) is 63.1 Å². The van der Waals surface area contributed by atoms with E-state index in [-0.39, 0.29) is 35.8 Å². The lowest BCUT2D eigenvalue weighted by atomic mass is 9.97. The molecule has 2 aliphatic rings. The van der Waals surface area contributed by atoms with Gasteiger partial charge in [-0.05, 0) is 37.5 Å². The zero-order chi connectivity index (χ0) is 22.4. The molecule has 1 aromatic heterocycles. The smallest absolute Gasteiger partial charge is 0.341 e. The Kier molecular flexibility index (Phi) is 5.12. The largest absolute Gasteiger partial charge is 0.477 e. The van der Waals surface area contributed by atoms with Crippen molar-refractivity contribution in [2.75, 3.05) is 13.3 Å². The van der Waals surface area contributed by atoms with Crippen LogP contribution in [0.3, 0.4) is 0 Å². The highest BCUT2D eigenvalue weighted by molar-refractivity contribution is 5.94. The van der Waals surface area contributed by atoms with Crippen molar-refractivity contribution in [2.24, 2.45) is 0 Å². The van der Waals surface area contributed by atoms with Crippen LogP contribution in [0, 0.1) is 11.6 Å². The summed E-state index contributed by atoms with van der Waals surface area (Å²) in [7, 11) is 0. The summed E-state index contributed by atoms with van der Waals surface area (Å²) in [5, 5.41) is 9.03. The molecule has 1 saturated carbocycles. The van der Waals surface area contributed by atoms with Crippen molar-refractivity contribution < 1.29 is 28.2 Å². The summed E-state index contributed by atoms with van der Waals surface area (Å²) in [6.07, 6.45) is 5.76. The second kappa shape index (κ2) is 7.64. The van der Waals surface area contributed by atoms with Crippen LogP contribution in [-0.2, 0) is 9.53 Å². The van der Waals surface area contributed by atoms with Crippen molar-refractivity contribution in [1.82, 2.24) is 9.47 Å². The molecule has 2 aromatic rings. The number of aromatic carboxylic acids is 1. The maximum atomic E-state index is 15.7. The summed E-state index contributed by atoms with van der Waals surface area (Å²) in [6.45, 7) is 3.31. The number of benzene rings is 1. The third-order valence-electron chi connectivity index (χ3n) is 5.49. The van der Waals surface area contributed by atoms with Crippen molar-refractivity contribution in [2.45, 2.75) is 32.7 Å². The number of nitrogens with zero attached hydrogens (tertiary/aromatic N) is 2. The number of ether oxygens (including phenoxy) is 1. The van der Waals surface area contributed by atoms with Gasteiger partial charge in [0.05, 0.1) is 16.5 Å². The van der Waals surface area contributed by atoms with Gasteiger partial charge >= 0.3 is 11.9 Å². The van der Waals surface area contributed by atoms with Gasteiger partial charge in [0.15, 0.2) is 12.5 Å². The molecule has 1 aliphatic carbocycles. The van der Waals surface area contributed by atoms with E-state index in [2.05, 4.69) is 0 Å². The number of hydrogen-bond donors (Lipinski definition) is 1. The third-order valence-corrected chi connectivity index (χ3v) is 5.49. The first-order valence-corrected chi connectivity index (χ1v) is 9.76. The third kappa shape index (κ3) is 3.71. The summed E-state index contributed by atoms with van der Waals surface area (Å²) in [5.74, 6) is -3.73. The zero-order valence-corrected chi connectivity index (χ0v) is 16.9. The van der Waals surface area contributed by atoms with Gasteiger partial charge in [-0.15, -0.1) is 0 Å². The van der Waals surface area contributed by atoms with E-state index in [1.165, 1.54) is 11.5 Å². The summed E-state index contributed by atoms with van der Waals surface area (Å²) in [5.41, 5.74) is -0.858. The monoisotopic (exact) mass is 430 g/mol. The first kappa shape index (κ1) is 20.8. The summed E-state index contributed by atoms with van der Waals surface area (Å²) in [6, 6.07) is 0.780. The standard InChI is InChI=1S/C22H20F2N2O5/c1-11-7-13(5-6-25(11)10-31-12(2)27)18-17(23)8-15-20(19(18)24)26(14-3-4-14)9-16(21(15)28)22(29)30/h5,7-9,14H,3-4,6,10H2,1-2H3,(H,29,30). The van der Waals surface area contributed by atoms with Crippen LogP contribution in [0.5, 0.6) is 0 Å². The minimum Gasteiger partial charge on any atom is -0.477 e. The van der Waals surface area contributed by atoms with Crippen molar-refractivity contribution >= 4 is 28.4 Å². The summed E-state index contributed by atoms with van der Waals surface area (Å²) in [4.78, 5) is 36.8. The molecule has 1 aliphatic heterocycles. The molecule has 0 saturated heterocycles. The maximum Gasteiger partial charge on any atom is 0.341 e. The molecule has 1 fully saturated rings. The van der Waals surface area contributed by atoms with Gasteiger partial charge in [0.1, 0.15) is 11.4 Å². The van der Waals surface area contributed by atoms with Gasteiger partial charge in [-0.25, -0.2) is 13.6 Å². The molecule has 0 bridgehead atoms. The van der Waals surface area contributed by atoms with E-state index in [9.17, 15) is 19.5 Å². The second-order valence-electron chi connectivity index (χ2n) is 7.69. The first-order valence-electron chi connectivity index (χ1n) is 9.76. The number of allylic oxidation sites excluding steroid dienone is 3. The highest BCUT2D eigenvalue weighted by Crippen LogP contribution is 2.39. The summed E-state index contributed by atoms with van der Waals surface area (Å²) < 4.78 is 37.1. The number of hydrogen-bond acceptors (Lipinski definition) is 5. The van der Waals surface area contributed by atoms with E-state index < -0.39 is 34.6 Å². The Balaban J connectivity index is 1.85. The molecule has 9 heteroatoms. The van der Waals surface area contributed by atoms with E-state index in [4.69, 9.17) is 4.74 Å². The number of carboxylic acids is 1. The molecule has 4 rings (SSSR count). The predicted octanol–water partition coefficient (Wildman–Crippen LogP) is 3.44. The van der Waals surface area contributed by atoms with Crippen LogP contribution in [0.4, 0.5) is 8.78 Å². The summed E-state index contributed by atoms with van der Waals surface area (Å²) >= 11 is 0. The SMILES string of the molecule is CC(=O)OCN1CC=C(c2c(F)cc3c(=O)c(C(=O)O)cn(C4CC4)c3c2F)C=C1C. The Morgan fingerprint density at radius 1 is 1.29 bits per heavy atom. The Hall–Kier alpha value is -3.49. The first-order chi connectivity index (χ1) is 14.7. The molecule has 1 N–H and O–H groups in total. The number of esters is 1. The van der Waals surface area contributed by atoms with Gasteiger partial charge in [-0.1, -0.05) is 6.08 Å². The predicted molar refractivity (Wildman–Crippen MR) is 108 cm³/mol. The molecule has 0 atom stereocenters. The second-order valence-corrected chi connectivity index (χ2v) is 7.69. The number of aromatic nitrogens is 1. The quantitative estimate of drug-likeness (QED) is 0.731. The number of pyridine rings is 1. The Morgan fingerprint density at radius 3 is 2.58 bits per heavy atom. The fourth-order valence-electron chi connectivity index (χ4n) is 3.72. The van der Waals surface area contributed by atoms with E-state index >= 15 is 8.78 Å². The van der Waals surface area contributed by atoms with Crippen LogP contribution in [0.15, 0.2) is 34.9 Å². The number of halogens is 2. The molecule has 0 radical (unpaired) electrons. The van der Waals surface area contributed by atoms with Crippen LogP contribution < -0.4 is 5.43 Å². The number of carboxylic acid groups (broad SMARTS) is 1. The molecule has 2 heterocycles. The molecule has 1 aromatic carbocycles. The van der Waals surface area contributed by atoms with Gasteiger partial charge in [-0.3, -0.25) is 9.59 Å². The van der Waals surface area contributed by atoms with Gasteiger partial charge in [0.25, 0.3) is 0 Å². The van der Waals surface area contributed by atoms with Crippen LogP contribution in [-0.4, -0.2) is 39.8 Å². The average molecular weight is 430 g/mol. The fraction of sp³-hybridized carbons (Fsp3) is 0.318. The lowest BCUT2D eigenvalue weighted by molar-refractivity contribution is -0.144. The van der Waals surface area contributed by atoms with Crippen molar-refractivity contribution in [3.63, 3.8) is 0 Å². The van der Waals surface area contributed by atoms with E-state index in [1.54, 1.807) is 24.0 Å². The Morgan fingerprint density at radius 2 is 2.00 bits per heavy atom. The normalized spacial score (nSPS) is 16.2. The minimum absolute atomic E-state index is 0.0172. The van der Waals surface area contributed by atoms with E-state index in [1.807, 2.05) is 0 Å². The highest BCUT2D eigenvalue weighted by Gasteiger charge is 2.30. The zero-order valence-electron chi connectivity index (χ0n) is 16.9. The molecule has 0 amide bonds. The van der Waals surface area contributed by atoms with E-state index in [0.717, 1.165) is 25.1 Å². The van der Waals surface area contributed by atoms with Crippen molar-refractivity contribution in [3.8, 4) is 0 Å².